The monoisotopic (exact) mass is 656 g/mol. The van der Waals surface area contributed by atoms with E-state index in [9.17, 15) is 0 Å². The van der Waals surface area contributed by atoms with Gasteiger partial charge in [0.2, 0.25) is 0 Å². The predicted octanol–water partition coefficient (Wildman–Crippen LogP) is 8.16. The summed E-state index contributed by atoms with van der Waals surface area (Å²) in [6.07, 6.45) is 4.39. The Labute approximate surface area is 208 Å². The van der Waals surface area contributed by atoms with Crippen molar-refractivity contribution in [1.82, 2.24) is 0 Å². The molecule has 26 heavy (non-hydrogen) atoms. The summed E-state index contributed by atoms with van der Waals surface area (Å²) in [7, 11) is 0. The molecule has 136 valence electrons. The molecular formula is C14H8S10Se2. The zero-order valence-corrected chi connectivity index (χ0v) is 24.6. The molecule has 0 aromatic rings. The maximum absolute atomic E-state index is 2.22. The van der Waals surface area contributed by atoms with Crippen molar-refractivity contribution in [3.8, 4) is 0 Å². The van der Waals surface area contributed by atoms with E-state index in [2.05, 4.69) is 46.9 Å². The molecule has 0 radical (unpaired) electrons. The Bertz CT molecular complexity index is 768. The van der Waals surface area contributed by atoms with Gasteiger partial charge in [-0.05, 0) is 0 Å². The SMILES string of the molecule is CSC1=C(SC)SC(=C2SC3=C(S2)[Se]C(=C2SC4=C(SC=CS4)S2)[Se]3)S1. The van der Waals surface area contributed by atoms with Crippen LogP contribution < -0.4 is 0 Å². The van der Waals surface area contributed by atoms with Gasteiger partial charge in [-0.2, -0.15) is 0 Å². The molecule has 5 aliphatic rings. The van der Waals surface area contributed by atoms with Crippen LogP contribution in [0.25, 0.3) is 0 Å². The van der Waals surface area contributed by atoms with Gasteiger partial charge < -0.3 is 0 Å². The molecular weight excluding hydrogens is 647 g/mol. The van der Waals surface area contributed by atoms with E-state index in [0.717, 1.165) is 0 Å². The maximum atomic E-state index is 2.22. The Kier molecular flexibility index (Phi) is 7.40. The summed E-state index contributed by atoms with van der Waals surface area (Å²) in [4.78, 5) is 0. The molecule has 0 aliphatic carbocycles. The molecule has 0 saturated heterocycles. The van der Waals surface area contributed by atoms with Gasteiger partial charge in [0.1, 0.15) is 0 Å². The molecule has 0 amide bonds. The second-order valence-corrected chi connectivity index (χ2v) is 22.8. The second kappa shape index (κ2) is 9.23. The van der Waals surface area contributed by atoms with Gasteiger partial charge >= 0.3 is 211 Å². The average molecular weight is 655 g/mol. The molecule has 0 aromatic carbocycles. The molecule has 0 aromatic heterocycles. The fourth-order valence-corrected chi connectivity index (χ4v) is 26.1. The van der Waals surface area contributed by atoms with Crippen LogP contribution in [0.15, 0.2) is 51.5 Å². The van der Waals surface area contributed by atoms with Crippen molar-refractivity contribution in [2.75, 3.05) is 12.5 Å². The summed E-state index contributed by atoms with van der Waals surface area (Å²) in [6, 6.07) is 0. The van der Waals surface area contributed by atoms with Gasteiger partial charge in [-0.25, -0.2) is 0 Å². The summed E-state index contributed by atoms with van der Waals surface area (Å²) in [5, 5.41) is 4.43. The van der Waals surface area contributed by atoms with Gasteiger partial charge in [-0.15, -0.1) is 0 Å². The van der Waals surface area contributed by atoms with Crippen LogP contribution in [-0.4, -0.2) is 42.4 Å². The van der Waals surface area contributed by atoms with Gasteiger partial charge in [0.15, 0.2) is 0 Å². The third kappa shape index (κ3) is 4.18. The van der Waals surface area contributed by atoms with E-state index in [4.69, 9.17) is 0 Å². The quantitative estimate of drug-likeness (QED) is 0.267. The van der Waals surface area contributed by atoms with Crippen molar-refractivity contribution in [2.45, 2.75) is 0 Å². The van der Waals surface area contributed by atoms with Crippen molar-refractivity contribution < 1.29 is 0 Å². The first-order valence-electron chi connectivity index (χ1n) is 6.95. The minimum absolute atomic E-state index is 0.550. The third-order valence-electron chi connectivity index (χ3n) is 3.09. The van der Waals surface area contributed by atoms with Crippen molar-refractivity contribution in [3.05, 3.63) is 51.5 Å². The zero-order chi connectivity index (χ0) is 17.7. The fraction of sp³-hybridized carbons (Fsp3) is 0.143. The molecule has 5 rings (SSSR count). The van der Waals surface area contributed by atoms with E-state index in [1.54, 1.807) is 19.5 Å². The van der Waals surface area contributed by atoms with Crippen LogP contribution in [0.2, 0.25) is 0 Å². The first kappa shape index (κ1) is 20.9. The average Bonchev–Trinajstić information content (AvgIpc) is 3.39. The van der Waals surface area contributed by atoms with E-state index in [-0.39, 0.29) is 0 Å². The standard InChI is InChI=1S/C14H8S10Se2/c1-15-5-6(16-2)20-9(19-5)10-23-12-13(24-10)26-14(25-12)11-21-7-8(22-11)18-4-3-17-7/h3-4H,1-2H3. The second-order valence-electron chi connectivity index (χ2n) is 4.61. The van der Waals surface area contributed by atoms with E-state index in [1.807, 2.05) is 94.1 Å². The summed E-state index contributed by atoms with van der Waals surface area (Å²) in [5.41, 5.74) is 0. The van der Waals surface area contributed by atoms with Crippen LogP contribution in [-0.2, 0) is 0 Å². The van der Waals surface area contributed by atoms with Gasteiger partial charge in [0.05, 0.1) is 0 Å². The minimum atomic E-state index is 0.550. The number of hydrogen-bond acceptors (Lipinski definition) is 10. The van der Waals surface area contributed by atoms with Crippen molar-refractivity contribution in [1.29, 1.82) is 0 Å². The van der Waals surface area contributed by atoms with E-state index in [0.29, 0.717) is 29.9 Å². The van der Waals surface area contributed by atoms with E-state index in [1.165, 1.54) is 21.2 Å². The molecule has 12 heteroatoms. The first-order valence-corrected chi connectivity index (χ1v) is 19.5. The molecule has 0 fully saturated rings. The Hall–Kier alpha value is 2.98. The van der Waals surface area contributed by atoms with Crippen molar-refractivity contribution in [3.63, 3.8) is 0 Å². The number of thioether (sulfide) groups is 10. The molecule has 5 heterocycles. The van der Waals surface area contributed by atoms with Crippen LogP contribution in [0.4, 0.5) is 0 Å². The number of hydrogen-bond donors (Lipinski definition) is 0. The molecule has 0 nitrogen and oxygen atoms in total. The van der Waals surface area contributed by atoms with Crippen LogP contribution in [0, 0.1) is 0 Å². The first-order chi connectivity index (χ1) is 12.7. The topological polar surface area (TPSA) is 0 Å². The van der Waals surface area contributed by atoms with Crippen LogP contribution in [0.1, 0.15) is 0 Å². The molecule has 5 aliphatic heterocycles. The van der Waals surface area contributed by atoms with Crippen LogP contribution in [0.3, 0.4) is 0 Å². The zero-order valence-electron chi connectivity index (χ0n) is 13.1. The van der Waals surface area contributed by atoms with Gasteiger partial charge in [0, 0.05) is 0 Å². The normalized spacial score (nSPS) is 25.5. The van der Waals surface area contributed by atoms with Crippen molar-refractivity contribution >= 4 is 148 Å². The Morgan fingerprint density at radius 3 is 1.62 bits per heavy atom. The number of rotatable bonds is 2. The Morgan fingerprint density at radius 1 is 0.615 bits per heavy atom. The molecule has 0 spiro atoms. The van der Waals surface area contributed by atoms with Gasteiger partial charge in [0.25, 0.3) is 0 Å². The summed E-state index contributed by atoms with van der Waals surface area (Å²) in [5.74, 6) is 0. The summed E-state index contributed by atoms with van der Waals surface area (Å²) >= 11 is 20.9. The molecule has 0 unspecified atom stereocenters. The summed E-state index contributed by atoms with van der Waals surface area (Å²) in [6.45, 7) is 0. The molecule has 0 bridgehead atoms. The van der Waals surface area contributed by atoms with E-state index >= 15 is 0 Å². The molecule has 0 N–H and O–H groups in total. The van der Waals surface area contributed by atoms with Gasteiger partial charge in [-0.3, -0.25) is 0 Å². The third-order valence-corrected chi connectivity index (χ3v) is 25.6. The van der Waals surface area contributed by atoms with Gasteiger partial charge in [-0.1, -0.05) is 0 Å². The molecule has 0 saturated carbocycles. The van der Waals surface area contributed by atoms with Crippen LogP contribution >= 0.6 is 118 Å². The fourth-order valence-electron chi connectivity index (χ4n) is 2.04. The Balaban J connectivity index is 1.27. The Morgan fingerprint density at radius 2 is 1.12 bits per heavy atom. The predicted molar refractivity (Wildman–Crippen MR) is 144 cm³/mol. The van der Waals surface area contributed by atoms with E-state index < -0.39 is 0 Å². The summed E-state index contributed by atoms with van der Waals surface area (Å²) < 4.78 is 15.8. The van der Waals surface area contributed by atoms with Crippen LogP contribution in [0.5, 0.6) is 0 Å². The molecule has 0 atom stereocenters. The van der Waals surface area contributed by atoms with Crippen molar-refractivity contribution in [2.24, 2.45) is 0 Å².